The van der Waals surface area contributed by atoms with Crippen molar-refractivity contribution in [2.24, 2.45) is 5.41 Å². The quantitative estimate of drug-likeness (QED) is 0.814. The third-order valence-electron chi connectivity index (χ3n) is 4.00. The van der Waals surface area contributed by atoms with Crippen LogP contribution < -0.4 is 5.32 Å². The molecular weight excluding hydrogens is 226 g/mol. The van der Waals surface area contributed by atoms with Crippen molar-refractivity contribution >= 4 is 11.8 Å². The average Bonchev–Trinajstić information content (AvgIpc) is 2.30. The molecule has 0 saturated carbocycles. The molecule has 3 nitrogen and oxygen atoms in total. The minimum atomic E-state index is -0.283. The molecule has 0 bridgehead atoms. The van der Waals surface area contributed by atoms with Gasteiger partial charge in [0.1, 0.15) is 0 Å². The minimum Gasteiger partial charge on any atom is -0.296 e. The number of hydrogen-bond acceptors (Lipinski definition) is 2. The Morgan fingerprint density at radius 1 is 1.28 bits per heavy atom. The maximum Gasteiger partial charge on any atom is 0.234 e. The van der Waals surface area contributed by atoms with Crippen LogP contribution in [-0.2, 0) is 9.59 Å². The van der Waals surface area contributed by atoms with Crippen LogP contribution in [0.25, 0.3) is 0 Å². The van der Waals surface area contributed by atoms with E-state index in [-0.39, 0.29) is 23.1 Å². The van der Waals surface area contributed by atoms with Crippen molar-refractivity contribution in [2.75, 3.05) is 0 Å². The van der Waals surface area contributed by atoms with E-state index in [1.165, 1.54) is 5.56 Å². The first-order chi connectivity index (χ1) is 8.46. The molecule has 1 aromatic rings. The lowest BCUT2D eigenvalue weighted by atomic mass is 9.67. The summed E-state index contributed by atoms with van der Waals surface area (Å²) >= 11 is 0. The highest BCUT2D eigenvalue weighted by Gasteiger charge is 2.44. The zero-order valence-electron chi connectivity index (χ0n) is 11.1. The number of nitrogens with one attached hydrogen (secondary N) is 1. The molecule has 1 aliphatic heterocycles. The highest BCUT2D eigenvalue weighted by Crippen LogP contribution is 2.44. The van der Waals surface area contributed by atoms with Gasteiger partial charge in [0.25, 0.3) is 0 Å². The Morgan fingerprint density at radius 3 is 2.44 bits per heavy atom. The molecule has 2 unspecified atom stereocenters. The van der Waals surface area contributed by atoms with E-state index in [2.05, 4.69) is 5.32 Å². The number of imide groups is 1. The van der Waals surface area contributed by atoms with Gasteiger partial charge in [-0.2, -0.15) is 0 Å². The molecule has 1 fully saturated rings. The monoisotopic (exact) mass is 245 g/mol. The first kappa shape index (κ1) is 12.8. The Balaban J connectivity index is 2.42. The van der Waals surface area contributed by atoms with Gasteiger partial charge in [-0.05, 0) is 24.3 Å². The maximum absolute atomic E-state index is 12.1. The van der Waals surface area contributed by atoms with Gasteiger partial charge in [-0.3, -0.25) is 14.9 Å². The molecule has 1 heterocycles. The van der Waals surface area contributed by atoms with Gasteiger partial charge in [-0.1, -0.05) is 43.7 Å². The maximum atomic E-state index is 12.1. The summed E-state index contributed by atoms with van der Waals surface area (Å²) in [4.78, 5) is 23.7. The SMILES string of the molecule is CCC1(C)CC(=O)NC(=O)C1c1ccc(C)cc1. The number of benzene rings is 1. The van der Waals surface area contributed by atoms with Crippen LogP contribution >= 0.6 is 0 Å². The van der Waals surface area contributed by atoms with Crippen LogP contribution in [0.3, 0.4) is 0 Å². The average molecular weight is 245 g/mol. The molecule has 2 atom stereocenters. The lowest BCUT2D eigenvalue weighted by Crippen LogP contribution is -2.49. The molecule has 3 heteroatoms. The fourth-order valence-corrected chi connectivity index (χ4v) is 2.68. The predicted molar refractivity (Wildman–Crippen MR) is 70.1 cm³/mol. The molecule has 2 rings (SSSR count). The molecule has 1 N–H and O–H groups in total. The van der Waals surface area contributed by atoms with E-state index in [1.54, 1.807) is 0 Å². The fourth-order valence-electron chi connectivity index (χ4n) is 2.68. The summed E-state index contributed by atoms with van der Waals surface area (Å²) in [5.74, 6) is -0.562. The topological polar surface area (TPSA) is 46.2 Å². The van der Waals surface area contributed by atoms with Crippen LogP contribution in [0.5, 0.6) is 0 Å². The Hall–Kier alpha value is -1.64. The zero-order chi connectivity index (χ0) is 13.3. The molecule has 1 aliphatic rings. The number of aryl methyl sites for hydroxylation is 1. The normalized spacial score (nSPS) is 28.1. The van der Waals surface area contributed by atoms with Crippen molar-refractivity contribution in [3.05, 3.63) is 35.4 Å². The Labute approximate surface area is 108 Å². The van der Waals surface area contributed by atoms with Gasteiger partial charge < -0.3 is 0 Å². The number of piperidine rings is 1. The molecule has 18 heavy (non-hydrogen) atoms. The van der Waals surface area contributed by atoms with Gasteiger partial charge in [0, 0.05) is 6.42 Å². The molecule has 96 valence electrons. The first-order valence-corrected chi connectivity index (χ1v) is 6.36. The van der Waals surface area contributed by atoms with E-state index in [9.17, 15) is 9.59 Å². The highest BCUT2D eigenvalue weighted by atomic mass is 16.2. The molecule has 1 aromatic carbocycles. The Kier molecular flexibility index (Phi) is 3.24. The number of carbonyl (C=O) groups is 2. The summed E-state index contributed by atoms with van der Waals surface area (Å²) < 4.78 is 0. The molecule has 0 radical (unpaired) electrons. The van der Waals surface area contributed by atoms with Gasteiger partial charge in [0.05, 0.1) is 5.92 Å². The predicted octanol–water partition coefficient (Wildman–Crippen LogP) is 2.54. The summed E-state index contributed by atoms with van der Waals surface area (Å²) in [6.45, 7) is 6.08. The van der Waals surface area contributed by atoms with Gasteiger partial charge in [-0.15, -0.1) is 0 Å². The van der Waals surface area contributed by atoms with E-state index in [4.69, 9.17) is 0 Å². The molecule has 1 saturated heterocycles. The molecule has 2 amide bonds. The van der Waals surface area contributed by atoms with Crippen LogP contribution in [0.1, 0.15) is 43.7 Å². The van der Waals surface area contributed by atoms with Crippen LogP contribution in [0.4, 0.5) is 0 Å². The smallest absolute Gasteiger partial charge is 0.234 e. The van der Waals surface area contributed by atoms with Crippen LogP contribution in [0, 0.1) is 12.3 Å². The second-order valence-electron chi connectivity index (χ2n) is 5.44. The largest absolute Gasteiger partial charge is 0.296 e. The fraction of sp³-hybridized carbons (Fsp3) is 0.467. The van der Waals surface area contributed by atoms with Crippen molar-refractivity contribution < 1.29 is 9.59 Å². The zero-order valence-corrected chi connectivity index (χ0v) is 11.1. The summed E-state index contributed by atoms with van der Waals surface area (Å²) in [6.07, 6.45) is 1.22. The number of carbonyl (C=O) groups excluding carboxylic acids is 2. The van der Waals surface area contributed by atoms with Crippen molar-refractivity contribution in [2.45, 2.75) is 39.5 Å². The van der Waals surface area contributed by atoms with Gasteiger partial charge in [0.15, 0.2) is 0 Å². The number of amides is 2. The third-order valence-corrected chi connectivity index (χ3v) is 4.00. The number of rotatable bonds is 2. The van der Waals surface area contributed by atoms with Crippen LogP contribution in [-0.4, -0.2) is 11.8 Å². The van der Waals surface area contributed by atoms with E-state index in [0.717, 1.165) is 12.0 Å². The van der Waals surface area contributed by atoms with Crippen molar-refractivity contribution in [3.8, 4) is 0 Å². The van der Waals surface area contributed by atoms with Crippen molar-refractivity contribution in [1.29, 1.82) is 0 Å². The Bertz CT molecular complexity index is 478. The lowest BCUT2D eigenvalue weighted by Gasteiger charge is -2.39. The molecular formula is C15H19NO2. The summed E-state index contributed by atoms with van der Waals surface area (Å²) in [7, 11) is 0. The van der Waals surface area contributed by atoms with Crippen molar-refractivity contribution in [3.63, 3.8) is 0 Å². The van der Waals surface area contributed by atoms with E-state index in [1.807, 2.05) is 45.0 Å². The summed E-state index contributed by atoms with van der Waals surface area (Å²) in [5, 5.41) is 2.45. The van der Waals surface area contributed by atoms with Gasteiger partial charge in [-0.25, -0.2) is 0 Å². The van der Waals surface area contributed by atoms with E-state index < -0.39 is 0 Å². The summed E-state index contributed by atoms with van der Waals surface area (Å²) in [6, 6.07) is 8.00. The van der Waals surface area contributed by atoms with Gasteiger partial charge >= 0.3 is 0 Å². The highest BCUT2D eigenvalue weighted by molar-refractivity contribution is 6.02. The third kappa shape index (κ3) is 2.17. The molecule has 0 aromatic heterocycles. The first-order valence-electron chi connectivity index (χ1n) is 6.36. The Morgan fingerprint density at radius 2 is 1.89 bits per heavy atom. The summed E-state index contributed by atoms with van der Waals surface area (Å²) in [5.41, 5.74) is 1.88. The second kappa shape index (κ2) is 4.56. The molecule has 0 spiro atoms. The van der Waals surface area contributed by atoms with Crippen molar-refractivity contribution in [1.82, 2.24) is 5.32 Å². The minimum absolute atomic E-state index is 0.160. The van der Waals surface area contributed by atoms with Crippen LogP contribution in [0.2, 0.25) is 0 Å². The lowest BCUT2D eigenvalue weighted by molar-refractivity contribution is -0.139. The number of hydrogen-bond donors (Lipinski definition) is 1. The standard InChI is InChI=1S/C15H19NO2/c1-4-15(3)9-12(17)16-14(18)13(15)11-7-5-10(2)6-8-11/h5-8,13H,4,9H2,1-3H3,(H,16,17,18). The van der Waals surface area contributed by atoms with E-state index >= 15 is 0 Å². The van der Waals surface area contributed by atoms with E-state index in [0.29, 0.717) is 6.42 Å². The van der Waals surface area contributed by atoms with Gasteiger partial charge in [0.2, 0.25) is 11.8 Å². The van der Waals surface area contributed by atoms with Crippen LogP contribution in [0.15, 0.2) is 24.3 Å². The molecule has 0 aliphatic carbocycles. The second-order valence-corrected chi connectivity index (χ2v) is 5.44.